The van der Waals surface area contributed by atoms with Crippen molar-refractivity contribution < 1.29 is 9.90 Å². The average Bonchev–Trinajstić information content (AvgIpc) is 2.35. The molecule has 5 heteroatoms. The maximum atomic E-state index is 10.4. The fourth-order valence-corrected chi connectivity index (χ4v) is 1.39. The Morgan fingerprint density at radius 3 is 2.92 bits per heavy atom. The topological polar surface area (TPSA) is 79.1 Å². The normalized spacial score (nSPS) is 12.8. The van der Waals surface area contributed by atoms with Gasteiger partial charge in [0.2, 0.25) is 0 Å². The van der Waals surface area contributed by atoms with Crippen LogP contribution in [-0.2, 0) is 11.2 Å². The molecule has 0 aliphatic heterocycles. The molecule has 1 atom stereocenters. The molecule has 4 N–H and O–H groups in total. The predicted octanol–water partition coefficient (Wildman–Crippen LogP) is 0.574. The van der Waals surface area contributed by atoms with Gasteiger partial charge in [0.1, 0.15) is 6.04 Å². The third-order valence-corrected chi connectivity index (χ3v) is 2.09. The molecule has 0 saturated heterocycles. The molecule has 12 heavy (non-hydrogen) atoms. The molecular weight excluding hydrogens is 271 g/mol. The fraction of sp³-hybridized carbons (Fsp3) is 0.286. The second kappa shape index (κ2) is 3.90. The van der Waals surface area contributed by atoms with E-state index in [0.717, 1.165) is 9.26 Å². The number of carboxylic acid groups (broad SMARTS) is 1. The van der Waals surface area contributed by atoms with Crippen molar-refractivity contribution in [3.63, 3.8) is 0 Å². The van der Waals surface area contributed by atoms with Crippen LogP contribution in [0.25, 0.3) is 0 Å². The van der Waals surface area contributed by atoms with Gasteiger partial charge in [-0.25, -0.2) is 0 Å². The molecular formula is C7H9IN2O2. The summed E-state index contributed by atoms with van der Waals surface area (Å²) in [5, 5.41) is 8.51. The first-order chi connectivity index (χ1) is 5.59. The van der Waals surface area contributed by atoms with Crippen LogP contribution in [0.15, 0.2) is 12.3 Å². The number of nitrogens with one attached hydrogen (secondary N) is 1. The van der Waals surface area contributed by atoms with E-state index in [1.165, 1.54) is 0 Å². The van der Waals surface area contributed by atoms with Crippen LogP contribution in [0.5, 0.6) is 0 Å². The van der Waals surface area contributed by atoms with Crippen LogP contribution in [0, 0.1) is 3.57 Å². The molecule has 0 unspecified atom stereocenters. The number of nitrogens with two attached hydrogens (primary N) is 1. The van der Waals surface area contributed by atoms with Gasteiger partial charge in [0, 0.05) is 21.9 Å². The first-order valence-electron chi connectivity index (χ1n) is 3.41. The number of aliphatic carboxylic acids is 1. The van der Waals surface area contributed by atoms with Crippen molar-refractivity contribution in [1.82, 2.24) is 4.98 Å². The third kappa shape index (κ3) is 2.49. The quantitative estimate of drug-likeness (QED) is 0.708. The summed E-state index contributed by atoms with van der Waals surface area (Å²) in [7, 11) is 0. The van der Waals surface area contributed by atoms with Crippen molar-refractivity contribution in [3.05, 3.63) is 21.5 Å². The molecule has 0 aliphatic rings. The Balaban J connectivity index is 2.58. The van der Waals surface area contributed by atoms with Crippen LogP contribution >= 0.6 is 22.6 Å². The lowest BCUT2D eigenvalue weighted by Crippen LogP contribution is -2.32. The fourth-order valence-electron chi connectivity index (χ4n) is 0.854. The van der Waals surface area contributed by atoms with E-state index in [9.17, 15) is 4.79 Å². The molecule has 66 valence electrons. The second-order valence-corrected chi connectivity index (χ2v) is 3.74. The van der Waals surface area contributed by atoms with Crippen LogP contribution in [0.1, 0.15) is 5.69 Å². The maximum absolute atomic E-state index is 10.4. The first-order valence-corrected chi connectivity index (χ1v) is 4.48. The highest BCUT2D eigenvalue weighted by Crippen LogP contribution is 2.07. The molecule has 0 radical (unpaired) electrons. The summed E-state index contributed by atoms with van der Waals surface area (Å²) in [6, 6.07) is 1.06. The number of rotatable bonds is 3. The zero-order valence-corrected chi connectivity index (χ0v) is 8.41. The third-order valence-electron chi connectivity index (χ3n) is 1.46. The molecule has 0 bridgehead atoms. The van der Waals surface area contributed by atoms with Crippen molar-refractivity contribution in [1.29, 1.82) is 0 Å². The predicted molar refractivity (Wildman–Crippen MR) is 52.8 cm³/mol. The Hall–Kier alpha value is -0.560. The van der Waals surface area contributed by atoms with E-state index < -0.39 is 12.0 Å². The van der Waals surface area contributed by atoms with E-state index >= 15 is 0 Å². The molecule has 0 spiro atoms. The van der Waals surface area contributed by atoms with Crippen molar-refractivity contribution in [2.45, 2.75) is 12.5 Å². The summed E-state index contributed by atoms with van der Waals surface area (Å²) in [4.78, 5) is 13.3. The van der Waals surface area contributed by atoms with Gasteiger partial charge < -0.3 is 15.8 Å². The minimum Gasteiger partial charge on any atom is -0.480 e. The lowest BCUT2D eigenvalue weighted by molar-refractivity contribution is -0.138. The van der Waals surface area contributed by atoms with E-state index in [1.54, 1.807) is 0 Å². The molecule has 1 rings (SSSR count). The number of aromatic amines is 1. The van der Waals surface area contributed by atoms with Crippen LogP contribution in [0.4, 0.5) is 0 Å². The van der Waals surface area contributed by atoms with Gasteiger partial charge in [-0.15, -0.1) is 0 Å². The largest absolute Gasteiger partial charge is 0.480 e. The number of carbonyl (C=O) groups is 1. The van der Waals surface area contributed by atoms with Gasteiger partial charge in [0.25, 0.3) is 0 Å². The maximum Gasteiger partial charge on any atom is 0.320 e. The number of halogens is 1. The lowest BCUT2D eigenvalue weighted by Gasteiger charge is -2.02. The smallest absolute Gasteiger partial charge is 0.320 e. The highest BCUT2D eigenvalue weighted by atomic mass is 127. The van der Waals surface area contributed by atoms with Gasteiger partial charge in [-0.3, -0.25) is 4.79 Å². The van der Waals surface area contributed by atoms with E-state index in [1.807, 2.05) is 12.3 Å². The molecule has 0 saturated carbocycles. The molecule has 0 amide bonds. The summed E-state index contributed by atoms with van der Waals surface area (Å²) < 4.78 is 1.06. The summed E-state index contributed by atoms with van der Waals surface area (Å²) >= 11 is 2.15. The van der Waals surface area contributed by atoms with Crippen LogP contribution in [0.3, 0.4) is 0 Å². The molecule has 1 aromatic heterocycles. The second-order valence-electron chi connectivity index (χ2n) is 2.49. The summed E-state index contributed by atoms with van der Waals surface area (Å²) in [6.07, 6.45) is 2.16. The molecule has 0 aromatic carbocycles. The highest BCUT2D eigenvalue weighted by Gasteiger charge is 2.12. The molecule has 4 nitrogen and oxygen atoms in total. The van der Waals surface area contributed by atoms with E-state index in [4.69, 9.17) is 10.8 Å². The molecule has 0 aliphatic carbocycles. The van der Waals surface area contributed by atoms with Gasteiger partial charge in [0.05, 0.1) is 0 Å². The minimum atomic E-state index is -0.973. The standard InChI is InChI=1S/C7H9IN2O2/c8-4-1-5(10-3-4)2-6(9)7(11)12/h1,3,6,10H,2,9H2,(H,11,12)/t6-/m0/s1. The molecule has 0 fully saturated rings. The van der Waals surface area contributed by atoms with Gasteiger partial charge in [-0.1, -0.05) is 0 Å². The average molecular weight is 280 g/mol. The Labute approximate surface area is 83.3 Å². The van der Waals surface area contributed by atoms with Gasteiger partial charge in [-0.2, -0.15) is 0 Å². The number of carboxylic acids is 1. The Kier molecular flexibility index (Phi) is 3.10. The van der Waals surface area contributed by atoms with Crippen molar-refractivity contribution in [2.24, 2.45) is 5.73 Å². The van der Waals surface area contributed by atoms with Crippen molar-refractivity contribution >= 4 is 28.6 Å². The number of hydrogen-bond donors (Lipinski definition) is 3. The van der Waals surface area contributed by atoms with E-state index in [0.29, 0.717) is 6.42 Å². The first kappa shape index (κ1) is 9.53. The number of aromatic nitrogens is 1. The zero-order valence-electron chi connectivity index (χ0n) is 6.25. The van der Waals surface area contributed by atoms with Crippen molar-refractivity contribution in [3.8, 4) is 0 Å². The van der Waals surface area contributed by atoms with Crippen LogP contribution in [-0.4, -0.2) is 22.1 Å². The SMILES string of the molecule is N[C@@H](Cc1cc(I)c[nH]1)C(=O)O. The summed E-state index contributed by atoms with van der Waals surface area (Å²) in [6.45, 7) is 0. The van der Waals surface area contributed by atoms with E-state index in [2.05, 4.69) is 27.6 Å². The summed E-state index contributed by atoms with van der Waals surface area (Å²) in [5.74, 6) is -0.973. The lowest BCUT2D eigenvalue weighted by atomic mass is 10.2. The molecule has 1 aromatic rings. The number of hydrogen-bond acceptors (Lipinski definition) is 2. The minimum absolute atomic E-state index is 0.346. The Morgan fingerprint density at radius 1 is 1.83 bits per heavy atom. The highest BCUT2D eigenvalue weighted by molar-refractivity contribution is 14.1. The van der Waals surface area contributed by atoms with Crippen LogP contribution < -0.4 is 5.73 Å². The van der Waals surface area contributed by atoms with Gasteiger partial charge >= 0.3 is 5.97 Å². The van der Waals surface area contributed by atoms with E-state index in [-0.39, 0.29) is 0 Å². The Morgan fingerprint density at radius 2 is 2.50 bits per heavy atom. The Bertz CT molecular complexity index is 285. The van der Waals surface area contributed by atoms with Crippen molar-refractivity contribution in [2.75, 3.05) is 0 Å². The summed E-state index contributed by atoms with van der Waals surface area (Å²) in [5.41, 5.74) is 6.19. The van der Waals surface area contributed by atoms with Crippen LogP contribution in [0.2, 0.25) is 0 Å². The van der Waals surface area contributed by atoms with Gasteiger partial charge in [0.15, 0.2) is 0 Å². The molecule has 1 heterocycles. The number of H-pyrrole nitrogens is 1. The zero-order chi connectivity index (χ0) is 9.14. The monoisotopic (exact) mass is 280 g/mol. The van der Waals surface area contributed by atoms with Gasteiger partial charge in [-0.05, 0) is 28.7 Å².